The Balaban J connectivity index is 1.63. The van der Waals surface area contributed by atoms with Crippen LogP contribution in [-0.4, -0.2) is 70.8 Å². The molecule has 3 aromatic rings. The van der Waals surface area contributed by atoms with Gasteiger partial charge in [0.15, 0.2) is 5.82 Å². The Hall–Kier alpha value is -2.65. The van der Waals surface area contributed by atoms with E-state index in [-0.39, 0.29) is 18.1 Å². The van der Waals surface area contributed by atoms with Gasteiger partial charge in [0.05, 0.1) is 0 Å². The lowest BCUT2D eigenvalue weighted by atomic mass is 10.1. The molecule has 4 rings (SSSR count). The van der Waals surface area contributed by atoms with Gasteiger partial charge in [-0.1, -0.05) is 35.1 Å². The second-order valence-corrected chi connectivity index (χ2v) is 9.87. The Labute approximate surface area is 186 Å². The van der Waals surface area contributed by atoms with Crippen molar-refractivity contribution in [3.63, 3.8) is 0 Å². The Kier molecular flexibility index (Phi) is 5.90. The fourth-order valence-corrected chi connectivity index (χ4v) is 4.64. The van der Waals surface area contributed by atoms with Gasteiger partial charge in [0, 0.05) is 44.4 Å². The first kappa shape index (κ1) is 21.6. The predicted octanol–water partition coefficient (Wildman–Crippen LogP) is 3.27. The summed E-state index contributed by atoms with van der Waals surface area (Å²) in [6.45, 7) is 11.5. The fraction of sp³-hybridized carbons (Fsp3) is 0.500. The maximum Gasteiger partial charge on any atom is 0.248 e. The normalized spacial score (nSPS) is 15.0. The van der Waals surface area contributed by atoms with Crippen LogP contribution in [0, 0.1) is 6.92 Å². The average molecular weight is 443 g/mol. The van der Waals surface area contributed by atoms with Gasteiger partial charge in [0.1, 0.15) is 12.3 Å². The molecule has 0 aliphatic carbocycles. The predicted molar refractivity (Wildman–Crippen MR) is 125 cm³/mol. The van der Waals surface area contributed by atoms with Crippen LogP contribution in [-0.2, 0) is 9.53 Å². The third kappa shape index (κ3) is 4.67. The van der Waals surface area contributed by atoms with Crippen molar-refractivity contribution in [3.05, 3.63) is 29.8 Å². The van der Waals surface area contributed by atoms with Crippen molar-refractivity contribution in [2.75, 3.05) is 50.1 Å². The number of nitrogens with one attached hydrogen (secondary N) is 1. The summed E-state index contributed by atoms with van der Waals surface area (Å²) in [4.78, 5) is 21.9. The molecule has 0 saturated carbocycles. The number of hydrogen-bond donors (Lipinski definition) is 1. The highest BCUT2D eigenvalue weighted by molar-refractivity contribution is 7.20. The maximum absolute atomic E-state index is 12.1. The van der Waals surface area contributed by atoms with E-state index < -0.39 is 0 Å². The zero-order valence-electron chi connectivity index (χ0n) is 18.8. The van der Waals surface area contributed by atoms with Gasteiger partial charge in [-0.05, 0) is 33.8 Å². The summed E-state index contributed by atoms with van der Waals surface area (Å²) in [7, 11) is 1.55. The number of ether oxygens (including phenoxy) is 1. The van der Waals surface area contributed by atoms with Crippen molar-refractivity contribution >= 4 is 33.2 Å². The maximum atomic E-state index is 12.1. The van der Waals surface area contributed by atoms with Crippen LogP contribution in [0.25, 0.3) is 16.2 Å². The molecule has 1 aromatic carbocycles. The lowest BCUT2D eigenvalue weighted by Crippen LogP contribution is -2.49. The third-order valence-electron chi connectivity index (χ3n) is 5.15. The van der Waals surface area contributed by atoms with Crippen molar-refractivity contribution in [2.24, 2.45) is 0 Å². The molecule has 1 N–H and O–H groups in total. The smallest absolute Gasteiger partial charge is 0.248 e. The number of aryl methyl sites for hydroxylation is 1. The summed E-state index contributed by atoms with van der Waals surface area (Å²) in [5.74, 6) is 0.944. The second-order valence-electron chi connectivity index (χ2n) is 8.93. The topological polar surface area (TPSA) is 75.0 Å². The van der Waals surface area contributed by atoms with Crippen LogP contribution in [0.3, 0.4) is 0 Å². The van der Waals surface area contributed by atoms with E-state index >= 15 is 0 Å². The Bertz CT molecular complexity index is 1080. The Morgan fingerprint density at radius 3 is 2.61 bits per heavy atom. The van der Waals surface area contributed by atoms with E-state index in [1.807, 2.05) is 9.42 Å². The number of benzene rings is 1. The van der Waals surface area contributed by atoms with Gasteiger partial charge in [0.2, 0.25) is 16.0 Å². The molecule has 166 valence electrons. The summed E-state index contributed by atoms with van der Waals surface area (Å²) in [5, 5.41) is 9.43. The highest BCUT2D eigenvalue weighted by Gasteiger charge is 2.26. The van der Waals surface area contributed by atoms with Gasteiger partial charge in [-0.15, -0.1) is 5.10 Å². The molecule has 2 aromatic heterocycles. The number of nitrogens with zero attached hydrogens (tertiary/aromatic N) is 5. The minimum absolute atomic E-state index is 0.0375. The van der Waals surface area contributed by atoms with E-state index in [1.165, 1.54) is 5.56 Å². The highest BCUT2D eigenvalue weighted by Crippen LogP contribution is 2.35. The van der Waals surface area contributed by atoms with Gasteiger partial charge < -0.3 is 19.9 Å². The number of aromatic nitrogens is 3. The van der Waals surface area contributed by atoms with Crippen LogP contribution in [0.5, 0.6) is 0 Å². The van der Waals surface area contributed by atoms with Crippen LogP contribution in [0.1, 0.15) is 26.3 Å². The molecule has 0 atom stereocenters. The first-order chi connectivity index (χ1) is 14.7. The summed E-state index contributed by atoms with van der Waals surface area (Å²) in [6.07, 6.45) is 0. The Morgan fingerprint density at radius 1 is 1.23 bits per heavy atom. The molecule has 1 amide bonds. The third-order valence-corrected chi connectivity index (χ3v) is 6.12. The fourth-order valence-electron chi connectivity index (χ4n) is 3.69. The van der Waals surface area contributed by atoms with Crippen molar-refractivity contribution in [1.82, 2.24) is 19.5 Å². The second kappa shape index (κ2) is 8.47. The number of fused-ring (bicyclic) bond motifs is 1. The average Bonchev–Trinajstić information content (AvgIpc) is 3.27. The number of anilines is 2. The van der Waals surface area contributed by atoms with E-state index in [4.69, 9.17) is 14.8 Å². The van der Waals surface area contributed by atoms with E-state index in [0.717, 1.165) is 40.3 Å². The van der Waals surface area contributed by atoms with Gasteiger partial charge in [-0.25, -0.2) is 4.98 Å². The zero-order chi connectivity index (χ0) is 22.2. The largest absolute Gasteiger partial charge is 0.375 e. The Morgan fingerprint density at radius 2 is 1.97 bits per heavy atom. The van der Waals surface area contributed by atoms with E-state index in [9.17, 15) is 4.79 Å². The summed E-state index contributed by atoms with van der Waals surface area (Å²) in [6, 6.07) is 8.39. The first-order valence-electron chi connectivity index (χ1n) is 10.5. The molecular formula is C22H30N6O2S. The molecule has 31 heavy (non-hydrogen) atoms. The van der Waals surface area contributed by atoms with Gasteiger partial charge in [-0.3, -0.25) is 4.79 Å². The molecule has 9 heteroatoms. The number of carbonyl (C=O) groups excluding carboxylic acids is 1. The molecule has 1 fully saturated rings. The summed E-state index contributed by atoms with van der Waals surface area (Å²) in [5.41, 5.74) is 3.06. The molecule has 0 unspecified atom stereocenters. The van der Waals surface area contributed by atoms with Crippen molar-refractivity contribution in [3.8, 4) is 11.3 Å². The molecule has 8 nitrogen and oxygen atoms in total. The minimum Gasteiger partial charge on any atom is -0.375 e. The number of imidazole rings is 1. The van der Waals surface area contributed by atoms with Crippen LogP contribution in [0.4, 0.5) is 10.9 Å². The highest BCUT2D eigenvalue weighted by atomic mass is 32.1. The molecule has 0 bridgehead atoms. The molecule has 1 aliphatic heterocycles. The van der Waals surface area contributed by atoms with Crippen molar-refractivity contribution in [1.29, 1.82) is 0 Å². The van der Waals surface area contributed by atoms with E-state index in [2.05, 4.69) is 62.2 Å². The van der Waals surface area contributed by atoms with Gasteiger partial charge in [0.25, 0.3) is 0 Å². The molecule has 3 heterocycles. The summed E-state index contributed by atoms with van der Waals surface area (Å²) >= 11 is 1.58. The molecule has 1 saturated heterocycles. The molecule has 0 radical (unpaired) electrons. The van der Waals surface area contributed by atoms with Crippen molar-refractivity contribution in [2.45, 2.75) is 33.2 Å². The van der Waals surface area contributed by atoms with Crippen LogP contribution in [0.2, 0.25) is 0 Å². The van der Waals surface area contributed by atoms with Crippen molar-refractivity contribution < 1.29 is 9.53 Å². The lowest BCUT2D eigenvalue weighted by Gasteiger charge is -2.34. The number of methoxy groups -OCH3 is 1. The zero-order valence-corrected chi connectivity index (χ0v) is 19.6. The molecule has 1 aliphatic rings. The van der Waals surface area contributed by atoms with Gasteiger partial charge >= 0.3 is 0 Å². The molecular weight excluding hydrogens is 412 g/mol. The monoisotopic (exact) mass is 442 g/mol. The van der Waals surface area contributed by atoms with Crippen LogP contribution >= 0.6 is 11.3 Å². The SMILES string of the molecule is COCC(=O)N1CCN(c2nn3c(NC(C)(C)C)c(-c4cccc(C)c4)nc3s2)CC1. The van der Waals surface area contributed by atoms with Crippen LogP contribution in [0.15, 0.2) is 24.3 Å². The number of piperazine rings is 1. The number of carbonyl (C=O) groups is 1. The quantitative estimate of drug-likeness (QED) is 0.654. The molecule has 0 spiro atoms. The number of rotatable bonds is 5. The van der Waals surface area contributed by atoms with Gasteiger partial charge in [-0.2, -0.15) is 4.52 Å². The minimum atomic E-state index is -0.133. The standard InChI is InChI=1S/C22H30N6O2S/c1-15-7-6-8-16(13-15)18-19(24-22(2,3)4)28-20(23-18)31-21(25-28)27-11-9-26(10-12-27)17(29)14-30-5/h6-8,13,24H,9-12,14H2,1-5H3. The van der Waals surface area contributed by atoms with E-state index in [1.54, 1.807) is 18.4 Å². The van der Waals surface area contributed by atoms with E-state index in [0.29, 0.717) is 13.1 Å². The number of amides is 1. The lowest BCUT2D eigenvalue weighted by molar-refractivity contribution is -0.135. The summed E-state index contributed by atoms with van der Waals surface area (Å²) < 4.78 is 6.89. The number of hydrogen-bond acceptors (Lipinski definition) is 7. The van der Waals surface area contributed by atoms with Crippen LogP contribution < -0.4 is 10.2 Å². The first-order valence-corrected chi connectivity index (χ1v) is 11.3.